The van der Waals surface area contributed by atoms with Gasteiger partial charge >= 0.3 is 0 Å². The van der Waals surface area contributed by atoms with Gasteiger partial charge in [-0.05, 0) is 6.92 Å². The number of rotatable bonds is 1. The van der Waals surface area contributed by atoms with Crippen molar-refractivity contribution < 1.29 is 9.90 Å². The van der Waals surface area contributed by atoms with Crippen molar-refractivity contribution in [2.45, 2.75) is 6.92 Å². The molecule has 0 spiro atoms. The average Bonchev–Trinajstić information content (AvgIpc) is 1.73. The van der Waals surface area contributed by atoms with Crippen LogP contribution in [0.15, 0.2) is 0 Å². The Morgan fingerprint density at radius 3 is 2.00 bits per heavy atom. The summed E-state index contributed by atoms with van der Waals surface area (Å²) >= 11 is 0. The highest BCUT2D eigenvalue weighted by atomic mass is 16.3. The van der Waals surface area contributed by atoms with E-state index in [2.05, 4.69) is 6.57 Å². The van der Waals surface area contributed by atoms with Crippen LogP contribution < -0.4 is 0 Å². The van der Waals surface area contributed by atoms with Gasteiger partial charge in [0.2, 0.25) is 0 Å². The number of aliphatic hydroxyl groups is 1. The van der Waals surface area contributed by atoms with E-state index in [9.17, 15) is 4.79 Å². The fourth-order valence-electron chi connectivity index (χ4n) is 0. The fourth-order valence-corrected chi connectivity index (χ4v) is 0. The minimum Gasteiger partial charge on any atom is -0.389 e. The van der Waals surface area contributed by atoms with Crippen molar-refractivity contribution in [2.24, 2.45) is 0 Å². The second-order valence-corrected chi connectivity index (χ2v) is 0.860. The summed E-state index contributed by atoms with van der Waals surface area (Å²) in [5.74, 6) is -0.190. The number of carbonyl (C=O) groups excluding carboxylic acids is 1. The number of carbonyl (C=O) groups is 1. The SMILES string of the molecule is C#N.CC(=O)CO. The maximum Gasteiger partial charge on any atom is 0.155 e. The van der Waals surface area contributed by atoms with Crippen molar-refractivity contribution in [3.8, 4) is 6.57 Å². The van der Waals surface area contributed by atoms with E-state index < -0.39 is 0 Å². The van der Waals surface area contributed by atoms with Gasteiger partial charge in [-0.25, -0.2) is 5.26 Å². The van der Waals surface area contributed by atoms with Gasteiger partial charge in [-0.1, -0.05) is 0 Å². The second-order valence-electron chi connectivity index (χ2n) is 0.860. The number of hydrogen-bond donors (Lipinski definition) is 1. The third kappa shape index (κ3) is 39.7. The molecule has 0 aromatic heterocycles. The normalized spacial score (nSPS) is 5.71. The lowest BCUT2D eigenvalue weighted by Gasteiger charge is -1.72. The Hall–Kier alpha value is -0.880. The predicted octanol–water partition coefficient (Wildman–Crippen LogP) is -0.293. The summed E-state index contributed by atoms with van der Waals surface area (Å²) in [5.41, 5.74) is 0. The summed E-state index contributed by atoms with van der Waals surface area (Å²) in [4.78, 5) is 9.56. The minimum atomic E-state index is -0.333. The molecule has 3 heteroatoms. The van der Waals surface area contributed by atoms with Gasteiger partial charge in [0.25, 0.3) is 0 Å². The predicted molar refractivity (Wildman–Crippen MR) is 24.4 cm³/mol. The molecule has 0 saturated heterocycles. The van der Waals surface area contributed by atoms with Crippen LogP contribution in [0, 0.1) is 11.8 Å². The second kappa shape index (κ2) is 8.93. The Kier molecular flexibility index (Phi) is 12.1. The van der Waals surface area contributed by atoms with Crippen LogP contribution in [0.5, 0.6) is 0 Å². The Morgan fingerprint density at radius 1 is 1.86 bits per heavy atom. The van der Waals surface area contributed by atoms with Gasteiger partial charge in [0.1, 0.15) is 6.61 Å². The van der Waals surface area contributed by atoms with E-state index in [1.165, 1.54) is 6.92 Å². The Labute approximate surface area is 42.2 Å². The fraction of sp³-hybridized carbons (Fsp3) is 0.500. The third-order valence-corrected chi connectivity index (χ3v) is 0.223. The zero-order valence-electron chi connectivity index (χ0n) is 4.09. The lowest BCUT2D eigenvalue weighted by molar-refractivity contribution is -0.119. The van der Waals surface area contributed by atoms with Crippen molar-refractivity contribution in [1.29, 1.82) is 5.26 Å². The van der Waals surface area contributed by atoms with E-state index in [-0.39, 0.29) is 12.4 Å². The minimum absolute atomic E-state index is 0.190. The summed E-state index contributed by atoms with van der Waals surface area (Å²) in [6.45, 7) is 4.50. The zero-order chi connectivity index (χ0) is 6.28. The van der Waals surface area contributed by atoms with Crippen molar-refractivity contribution >= 4 is 5.78 Å². The van der Waals surface area contributed by atoms with Gasteiger partial charge in [0.15, 0.2) is 5.78 Å². The van der Waals surface area contributed by atoms with Crippen LogP contribution in [-0.2, 0) is 4.79 Å². The number of nitriles is 1. The molecule has 0 aromatic rings. The maximum absolute atomic E-state index is 9.56. The van der Waals surface area contributed by atoms with Crippen molar-refractivity contribution in [2.75, 3.05) is 6.61 Å². The standard InChI is InChI=1S/C3H6O2.CHN/c1-3(5)2-4;1-2/h4H,2H2,1H3;1H. The van der Waals surface area contributed by atoms with Crippen LogP contribution in [0.2, 0.25) is 0 Å². The van der Waals surface area contributed by atoms with Crippen LogP contribution in [-0.4, -0.2) is 17.5 Å². The molecule has 0 unspecified atom stereocenters. The average molecular weight is 101 g/mol. The molecule has 7 heavy (non-hydrogen) atoms. The van der Waals surface area contributed by atoms with Crippen molar-refractivity contribution in [1.82, 2.24) is 0 Å². The molecule has 40 valence electrons. The monoisotopic (exact) mass is 101 g/mol. The highest BCUT2D eigenvalue weighted by Crippen LogP contribution is 1.55. The first-order valence-electron chi connectivity index (χ1n) is 1.63. The van der Waals surface area contributed by atoms with Gasteiger partial charge in [0, 0.05) is 6.57 Å². The van der Waals surface area contributed by atoms with Gasteiger partial charge < -0.3 is 5.11 Å². The number of aliphatic hydroxyl groups excluding tert-OH is 1. The molecule has 0 aliphatic carbocycles. The van der Waals surface area contributed by atoms with E-state index >= 15 is 0 Å². The van der Waals surface area contributed by atoms with Gasteiger partial charge in [-0.15, -0.1) is 0 Å². The van der Waals surface area contributed by atoms with Crippen LogP contribution in [0.4, 0.5) is 0 Å². The van der Waals surface area contributed by atoms with Crippen molar-refractivity contribution in [3.05, 3.63) is 0 Å². The molecule has 0 aromatic carbocycles. The lowest BCUT2D eigenvalue weighted by Crippen LogP contribution is -1.93. The van der Waals surface area contributed by atoms with Gasteiger partial charge in [0.05, 0.1) is 0 Å². The zero-order valence-corrected chi connectivity index (χ0v) is 4.09. The molecule has 0 saturated carbocycles. The summed E-state index contributed by atoms with van der Waals surface area (Å²) < 4.78 is 0. The molecule has 3 nitrogen and oxygen atoms in total. The smallest absolute Gasteiger partial charge is 0.155 e. The number of hydrogen-bond acceptors (Lipinski definition) is 3. The molecule has 0 fully saturated rings. The molecule has 0 amide bonds. The summed E-state index contributed by atoms with van der Waals surface area (Å²) in [7, 11) is 0. The Morgan fingerprint density at radius 2 is 2.00 bits per heavy atom. The molecule has 0 radical (unpaired) electrons. The van der Waals surface area contributed by atoms with E-state index in [1.54, 1.807) is 0 Å². The molecular formula is C4H7NO2. The van der Waals surface area contributed by atoms with Crippen LogP contribution in [0.25, 0.3) is 0 Å². The molecule has 1 N–H and O–H groups in total. The summed E-state index contributed by atoms with van der Waals surface area (Å²) in [6, 6.07) is 0. The molecule has 0 atom stereocenters. The quantitative estimate of drug-likeness (QED) is 0.493. The van der Waals surface area contributed by atoms with Crippen LogP contribution >= 0.6 is 0 Å². The van der Waals surface area contributed by atoms with Gasteiger partial charge in [-0.3, -0.25) is 4.79 Å². The van der Waals surface area contributed by atoms with E-state index in [0.29, 0.717) is 0 Å². The topological polar surface area (TPSA) is 61.1 Å². The van der Waals surface area contributed by atoms with E-state index in [4.69, 9.17) is 10.4 Å². The Bertz CT molecular complexity index is 67.3. The largest absolute Gasteiger partial charge is 0.389 e. The molecular weight excluding hydrogens is 94.0 g/mol. The maximum atomic E-state index is 9.56. The van der Waals surface area contributed by atoms with Gasteiger partial charge in [-0.2, -0.15) is 0 Å². The summed E-state index contributed by atoms with van der Waals surface area (Å²) in [5, 5.41) is 14.3. The lowest BCUT2D eigenvalue weighted by atomic mass is 10.5. The number of nitrogens with zero attached hydrogens (tertiary/aromatic N) is 1. The molecule has 0 bridgehead atoms. The first kappa shape index (κ1) is 9.45. The number of Topliss-reactive ketones (excluding diaryl/α,β-unsaturated/α-hetero) is 1. The van der Waals surface area contributed by atoms with Crippen molar-refractivity contribution in [3.63, 3.8) is 0 Å². The van der Waals surface area contributed by atoms with Crippen LogP contribution in [0.3, 0.4) is 0 Å². The Balaban J connectivity index is 0. The van der Waals surface area contributed by atoms with E-state index in [0.717, 1.165) is 0 Å². The first-order chi connectivity index (χ1) is 3.27. The first-order valence-corrected chi connectivity index (χ1v) is 1.63. The molecule has 0 aliphatic heterocycles. The highest BCUT2D eigenvalue weighted by Gasteiger charge is 1.78. The molecule has 0 heterocycles. The number of ketones is 1. The molecule has 0 rings (SSSR count). The molecule has 0 aliphatic rings. The third-order valence-electron chi connectivity index (χ3n) is 0.223. The summed E-state index contributed by atoms with van der Waals surface area (Å²) in [6.07, 6.45) is 0. The highest BCUT2D eigenvalue weighted by molar-refractivity contribution is 5.76. The van der Waals surface area contributed by atoms with Crippen LogP contribution in [0.1, 0.15) is 6.92 Å². The van der Waals surface area contributed by atoms with E-state index in [1.807, 2.05) is 0 Å².